The molecular weight excluding hydrogens is 484 g/mol. The van der Waals surface area contributed by atoms with Gasteiger partial charge in [0.15, 0.2) is 5.79 Å². The summed E-state index contributed by atoms with van der Waals surface area (Å²) in [6, 6.07) is 0. The van der Waals surface area contributed by atoms with Gasteiger partial charge in [-0.1, -0.05) is 49.8 Å². The molecule has 0 aromatic heterocycles. The van der Waals surface area contributed by atoms with Crippen LogP contribution in [0.1, 0.15) is 72.6 Å². The number of esters is 1. The summed E-state index contributed by atoms with van der Waals surface area (Å²) in [6.07, 6.45) is 13.3. The Kier molecular flexibility index (Phi) is 9.36. The molecule has 0 aromatic rings. The molecule has 2 saturated heterocycles. The lowest BCUT2D eigenvalue weighted by Crippen LogP contribution is -2.54. The van der Waals surface area contributed by atoms with Gasteiger partial charge >= 0.3 is 5.97 Å². The molecular formula is C31H46O7. The van der Waals surface area contributed by atoms with Crippen molar-refractivity contribution in [1.29, 1.82) is 0 Å². The summed E-state index contributed by atoms with van der Waals surface area (Å²) in [6.45, 7) is 8.59. The Labute approximate surface area is 227 Å². The molecule has 0 amide bonds. The molecule has 7 nitrogen and oxygen atoms in total. The number of methoxy groups -OCH3 is 1. The van der Waals surface area contributed by atoms with Gasteiger partial charge in [-0.15, -0.1) is 0 Å². The van der Waals surface area contributed by atoms with Crippen LogP contribution >= 0.6 is 0 Å². The van der Waals surface area contributed by atoms with E-state index in [9.17, 15) is 15.0 Å². The fraction of sp³-hybridized carbons (Fsp3) is 0.710. The first-order chi connectivity index (χ1) is 18.1. The SMILES string of the molecule is CO[C@H]1C[C@@]2(O)/C(CO)=C/C=C/[C@H](C)C/C(C)=C/C[C@@H]3C[C@@H](C[C@]4(CC[C@H](C)CO4)O3)OC(=O)[C@@H]2C=C1C. The van der Waals surface area contributed by atoms with Crippen molar-refractivity contribution < 1.29 is 34.0 Å². The summed E-state index contributed by atoms with van der Waals surface area (Å²) in [4.78, 5) is 13.8. The monoisotopic (exact) mass is 530 g/mol. The molecule has 2 N–H and O–H groups in total. The maximum Gasteiger partial charge on any atom is 0.316 e. The molecule has 4 aliphatic rings. The van der Waals surface area contributed by atoms with E-state index in [2.05, 4.69) is 32.9 Å². The van der Waals surface area contributed by atoms with Crippen LogP contribution in [0.2, 0.25) is 0 Å². The van der Waals surface area contributed by atoms with E-state index in [4.69, 9.17) is 18.9 Å². The zero-order valence-electron chi connectivity index (χ0n) is 23.7. The molecule has 0 radical (unpaired) electrons. The highest BCUT2D eigenvalue weighted by atomic mass is 16.7. The lowest BCUT2D eigenvalue weighted by Gasteiger charge is -2.47. The van der Waals surface area contributed by atoms with E-state index in [0.29, 0.717) is 30.9 Å². The number of allylic oxidation sites excluding steroid dienone is 4. The second-order valence-electron chi connectivity index (χ2n) is 12.0. The molecule has 1 spiro atoms. The second kappa shape index (κ2) is 12.2. The number of fused-ring (bicyclic) bond motifs is 3. The van der Waals surface area contributed by atoms with Crippen LogP contribution in [0.4, 0.5) is 0 Å². The Balaban J connectivity index is 1.72. The minimum absolute atomic E-state index is 0.128. The minimum Gasteiger partial charge on any atom is -0.462 e. The van der Waals surface area contributed by atoms with E-state index in [0.717, 1.165) is 31.3 Å². The number of hydrogen-bond donors (Lipinski definition) is 2. The van der Waals surface area contributed by atoms with Gasteiger partial charge in [0.2, 0.25) is 0 Å². The van der Waals surface area contributed by atoms with Crippen molar-refractivity contribution in [2.75, 3.05) is 20.3 Å². The summed E-state index contributed by atoms with van der Waals surface area (Å²) in [5.74, 6) is -1.48. The molecule has 4 rings (SSSR count). The second-order valence-corrected chi connectivity index (χ2v) is 12.0. The molecule has 0 saturated carbocycles. The third kappa shape index (κ3) is 6.50. The van der Waals surface area contributed by atoms with Gasteiger partial charge in [0, 0.05) is 32.8 Å². The molecule has 8 atom stereocenters. The third-order valence-corrected chi connectivity index (χ3v) is 8.70. The van der Waals surface area contributed by atoms with Crippen LogP contribution in [-0.4, -0.2) is 66.2 Å². The predicted molar refractivity (Wildman–Crippen MR) is 145 cm³/mol. The van der Waals surface area contributed by atoms with Crippen LogP contribution < -0.4 is 0 Å². The number of hydrogen-bond acceptors (Lipinski definition) is 7. The molecule has 0 aromatic carbocycles. The summed E-state index contributed by atoms with van der Waals surface area (Å²) in [5, 5.41) is 22.3. The summed E-state index contributed by atoms with van der Waals surface area (Å²) in [7, 11) is 1.59. The van der Waals surface area contributed by atoms with Gasteiger partial charge in [-0.25, -0.2) is 0 Å². The first kappa shape index (κ1) is 29.2. The predicted octanol–water partition coefficient (Wildman–Crippen LogP) is 4.78. The van der Waals surface area contributed by atoms with Crippen molar-refractivity contribution in [2.45, 2.75) is 102 Å². The molecule has 0 unspecified atom stereocenters. The van der Waals surface area contributed by atoms with Crippen LogP contribution in [0.25, 0.3) is 0 Å². The van der Waals surface area contributed by atoms with E-state index in [1.54, 1.807) is 19.3 Å². The molecule has 3 aliphatic heterocycles. The van der Waals surface area contributed by atoms with Gasteiger partial charge in [-0.2, -0.15) is 0 Å². The summed E-state index contributed by atoms with van der Waals surface area (Å²) >= 11 is 0. The Morgan fingerprint density at radius 2 is 1.97 bits per heavy atom. The first-order valence-electron chi connectivity index (χ1n) is 14.2. The van der Waals surface area contributed by atoms with Gasteiger partial charge in [0.05, 0.1) is 25.4 Å². The summed E-state index contributed by atoms with van der Waals surface area (Å²) in [5.41, 5.74) is 0.872. The smallest absolute Gasteiger partial charge is 0.316 e. The van der Waals surface area contributed by atoms with Gasteiger partial charge in [0.25, 0.3) is 0 Å². The van der Waals surface area contributed by atoms with Gasteiger partial charge in [-0.3, -0.25) is 4.79 Å². The van der Waals surface area contributed by atoms with E-state index in [1.807, 2.05) is 13.0 Å². The Hall–Kier alpha value is -1.77. The molecule has 38 heavy (non-hydrogen) atoms. The van der Waals surface area contributed by atoms with Crippen molar-refractivity contribution in [1.82, 2.24) is 0 Å². The maximum atomic E-state index is 13.8. The number of aliphatic hydroxyl groups is 2. The molecule has 7 heteroatoms. The van der Waals surface area contributed by atoms with Gasteiger partial charge in [0.1, 0.15) is 17.6 Å². The maximum absolute atomic E-state index is 13.8. The van der Waals surface area contributed by atoms with Crippen molar-refractivity contribution in [3.63, 3.8) is 0 Å². The highest BCUT2D eigenvalue weighted by Gasteiger charge is 2.51. The number of carbonyl (C=O) groups is 1. The lowest BCUT2D eigenvalue weighted by molar-refractivity contribution is -0.315. The summed E-state index contributed by atoms with van der Waals surface area (Å²) < 4.78 is 24.6. The van der Waals surface area contributed by atoms with Crippen LogP contribution in [0.15, 0.2) is 47.1 Å². The minimum atomic E-state index is -1.63. The average Bonchev–Trinajstić information content (AvgIpc) is 2.87. The van der Waals surface area contributed by atoms with E-state index < -0.39 is 29.4 Å². The van der Waals surface area contributed by atoms with Gasteiger partial charge < -0.3 is 29.2 Å². The van der Waals surface area contributed by atoms with Crippen molar-refractivity contribution in [3.8, 4) is 0 Å². The van der Waals surface area contributed by atoms with Crippen molar-refractivity contribution in [3.05, 3.63) is 47.1 Å². The highest BCUT2D eigenvalue weighted by molar-refractivity contribution is 5.78. The zero-order valence-corrected chi connectivity index (χ0v) is 23.7. The Morgan fingerprint density at radius 1 is 1.18 bits per heavy atom. The molecule has 2 bridgehead atoms. The molecule has 3 heterocycles. The number of rotatable bonds is 2. The standard InChI is InChI=1S/C31H46O7/c1-20-7-6-8-24(18-32)31(34)17-28(35-5)23(4)14-27(31)29(33)37-26-15-25(10-9-21(2)13-20)38-30(16-26)12-11-22(3)19-36-30/h6-9,14,20,22,25-28,32,34H,10-13,15-19H2,1-5H3/b7-6+,21-9+,24-8+/t20-,22-,25+,26-,27-,28-,30-,31+/m0/s1. The van der Waals surface area contributed by atoms with E-state index in [1.165, 1.54) is 5.57 Å². The fourth-order valence-electron chi connectivity index (χ4n) is 6.39. The molecule has 1 aliphatic carbocycles. The lowest BCUT2D eigenvalue weighted by atomic mass is 9.71. The average molecular weight is 531 g/mol. The van der Waals surface area contributed by atoms with Crippen molar-refractivity contribution >= 4 is 5.97 Å². The third-order valence-electron chi connectivity index (χ3n) is 8.70. The van der Waals surface area contributed by atoms with Crippen LogP contribution in [0, 0.1) is 17.8 Å². The number of carbonyl (C=O) groups excluding carboxylic acids is 1. The van der Waals surface area contributed by atoms with Crippen molar-refractivity contribution in [2.24, 2.45) is 17.8 Å². The van der Waals surface area contributed by atoms with Crippen LogP contribution in [0.5, 0.6) is 0 Å². The Bertz CT molecular complexity index is 971. The van der Waals surface area contributed by atoms with E-state index >= 15 is 0 Å². The number of ether oxygens (including phenoxy) is 4. The van der Waals surface area contributed by atoms with E-state index in [-0.39, 0.29) is 31.2 Å². The number of aliphatic hydroxyl groups excluding tert-OH is 1. The normalized spacial score (nSPS) is 44.6. The Morgan fingerprint density at radius 3 is 2.66 bits per heavy atom. The highest BCUT2D eigenvalue weighted by Crippen LogP contribution is 2.43. The van der Waals surface area contributed by atoms with Gasteiger partial charge in [-0.05, 0) is 56.1 Å². The first-order valence-corrected chi connectivity index (χ1v) is 14.2. The fourth-order valence-corrected chi connectivity index (χ4v) is 6.39. The topological polar surface area (TPSA) is 94.5 Å². The van der Waals surface area contributed by atoms with Crippen LogP contribution in [-0.2, 0) is 23.7 Å². The largest absolute Gasteiger partial charge is 0.462 e. The molecule has 2 fully saturated rings. The quantitative estimate of drug-likeness (QED) is 0.392. The molecule has 212 valence electrons. The zero-order chi connectivity index (χ0) is 27.5. The van der Waals surface area contributed by atoms with Crippen LogP contribution in [0.3, 0.4) is 0 Å².